The minimum absolute atomic E-state index is 0.0655. The van der Waals surface area contributed by atoms with E-state index in [1.807, 2.05) is 12.1 Å². The first-order valence-electron chi connectivity index (χ1n) is 9.18. The molecule has 1 aliphatic heterocycles. The quantitative estimate of drug-likeness (QED) is 0.577. The third-order valence-electron chi connectivity index (χ3n) is 5.33. The Hall–Kier alpha value is -2.69. The Morgan fingerprint density at radius 2 is 1.78 bits per heavy atom. The predicted molar refractivity (Wildman–Crippen MR) is 102 cm³/mol. The van der Waals surface area contributed by atoms with Gasteiger partial charge in [0.1, 0.15) is 11.6 Å². The van der Waals surface area contributed by atoms with Crippen molar-refractivity contribution in [3.8, 4) is 5.75 Å². The van der Waals surface area contributed by atoms with Crippen molar-refractivity contribution in [3.05, 3.63) is 59.9 Å². The van der Waals surface area contributed by atoms with E-state index in [1.165, 1.54) is 34.7 Å². The smallest absolute Gasteiger partial charge is 0.316 e. The molecule has 5 heteroatoms. The number of rotatable bonds is 5. The highest BCUT2D eigenvalue weighted by Crippen LogP contribution is 2.29. The molecule has 1 atom stereocenters. The molecule has 27 heavy (non-hydrogen) atoms. The lowest BCUT2D eigenvalue weighted by Gasteiger charge is -2.23. The summed E-state index contributed by atoms with van der Waals surface area (Å²) in [5.74, 6) is -1.01. The third kappa shape index (κ3) is 4.18. The molecule has 0 aliphatic carbocycles. The van der Waals surface area contributed by atoms with Crippen LogP contribution >= 0.6 is 0 Å². The average molecular weight is 369 g/mol. The van der Waals surface area contributed by atoms with E-state index in [-0.39, 0.29) is 30.1 Å². The fraction of sp³-hybridized carbons (Fsp3) is 0.364. The summed E-state index contributed by atoms with van der Waals surface area (Å²) in [5, 5.41) is 0. The molecular weight excluding hydrogens is 345 g/mol. The van der Waals surface area contributed by atoms with Crippen molar-refractivity contribution < 1.29 is 18.7 Å². The number of nitrogens with zero attached hydrogens (tertiary/aromatic N) is 1. The molecule has 2 aromatic carbocycles. The number of esters is 1. The van der Waals surface area contributed by atoms with Gasteiger partial charge in [-0.15, -0.1) is 0 Å². The number of anilines is 1. The summed E-state index contributed by atoms with van der Waals surface area (Å²) in [4.78, 5) is 26.2. The molecule has 1 saturated heterocycles. The Bertz CT molecular complexity index is 828. The Morgan fingerprint density at radius 3 is 2.37 bits per heavy atom. The van der Waals surface area contributed by atoms with Crippen molar-refractivity contribution in [3.63, 3.8) is 0 Å². The minimum Gasteiger partial charge on any atom is -0.426 e. The topological polar surface area (TPSA) is 46.6 Å². The molecule has 0 spiro atoms. The normalized spacial score (nSPS) is 17.3. The first-order valence-corrected chi connectivity index (χ1v) is 9.18. The number of ether oxygens (including phenoxy) is 1. The zero-order chi connectivity index (χ0) is 19.6. The van der Waals surface area contributed by atoms with Crippen molar-refractivity contribution in [1.29, 1.82) is 0 Å². The number of hydrogen-bond acceptors (Lipinski definition) is 3. The molecule has 4 nitrogen and oxygen atoms in total. The van der Waals surface area contributed by atoms with Crippen molar-refractivity contribution in [2.24, 2.45) is 5.92 Å². The summed E-state index contributed by atoms with van der Waals surface area (Å²) < 4.78 is 18.5. The SMILES string of the molecule is CCC(C)(C)c1ccc(OC(=O)[C@@H]2CC(=O)N(c3ccc(F)cc3)C2)cc1. The Morgan fingerprint density at radius 1 is 1.15 bits per heavy atom. The molecule has 1 aliphatic rings. The molecule has 0 radical (unpaired) electrons. The van der Waals surface area contributed by atoms with E-state index in [1.54, 1.807) is 12.1 Å². The van der Waals surface area contributed by atoms with Gasteiger partial charge in [0.25, 0.3) is 0 Å². The monoisotopic (exact) mass is 369 g/mol. The van der Waals surface area contributed by atoms with Crippen LogP contribution in [0.2, 0.25) is 0 Å². The van der Waals surface area contributed by atoms with Gasteiger partial charge in [0.2, 0.25) is 5.91 Å². The number of carbonyl (C=O) groups is 2. The third-order valence-corrected chi connectivity index (χ3v) is 5.33. The van der Waals surface area contributed by atoms with Crippen LogP contribution in [0, 0.1) is 11.7 Å². The first-order chi connectivity index (χ1) is 12.8. The Balaban J connectivity index is 1.65. The molecule has 0 N–H and O–H groups in total. The van der Waals surface area contributed by atoms with E-state index < -0.39 is 11.9 Å². The summed E-state index contributed by atoms with van der Waals surface area (Å²) >= 11 is 0. The van der Waals surface area contributed by atoms with Gasteiger partial charge in [0, 0.05) is 18.7 Å². The second-order valence-corrected chi connectivity index (χ2v) is 7.56. The van der Waals surface area contributed by atoms with Crippen molar-refractivity contribution in [2.75, 3.05) is 11.4 Å². The maximum absolute atomic E-state index is 13.1. The van der Waals surface area contributed by atoms with E-state index in [9.17, 15) is 14.0 Å². The molecule has 1 fully saturated rings. The van der Waals surface area contributed by atoms with Gasteiger partial charge in [-0.2, -0.15) is 0 Å². The largest absolute Gasteiger partial charge is 0.426 e. The van der Waals surface area contributed by atoms with E-state index >= 15 is 0 Å². The highest BCUT2D eigenvalue weighted by atomic mass is 19.1. The lowest BCUT2D eigenvalue weighted by Crippen LogP contribution is -2.27. The summed E-state index contributed by atoms with van der Waals surface area (Å²) in [6, 6.07) is 13.2. The maximum atomic E-state index is 13.1. The Kier molecular flexibility index (Phi) is 5.31. The summed E-state index contributed by atoms with van der Waals surface area (Å²) in [6.07, 6.45) is 1.10. The first kappa shape index (κ1) is 19.1. The zero-order valence-electron chi connectivity index (χ0n) is 15.9. The van der Waals surface area contributed by atoms with E-state index in [0.29, 0.717) is 11.4 Å². The van der Waals surface area contributed by atoms with Crippen molar-refractivity contribution >= 4 is 17.6 Å². The minimum atomic E-state index is -0.533. The lowest BCUT2D eigenvalue weighted by atomic mass is 9.82. The van der Waals surface area contributed by atoms with Gasteiger partial charge in [-0.3, -0.25) is 9.59 Å². The van der Waals surface area contributed by atoms with E-state index in [0.717, 1.165) is 6.42 Å². The van der Waals surface area contributed by atoms with Crippen LogP contribution in [0.5, 0.6) is 5.75 Å². The number of hydrogen-bond donors (Lipinski definition) is 0. The lowest BCUT2D eigenvalue weighted by molar-refractivity contribution is -0.139. The molecule has 0 unspecified atom stereocenters. The fourth-order valence-corrected chi connectivity index (χ4v) is 3.11. The molecule has 142 valence electrons. The van der Waals surface area contributed by atoms with Gasteiger partial charge in [-0.25, -0.2) is 4.39 Å². The van der Waals surface area contributed by atoms with Crippen LogP contribution in [0.1, 0.15) is 39.2 Å². The Labute approximate surface area is 158 Å². The van der Waals surface area contributed by atoms with Gasteiger partial charge in [0.05, 0.1) is 5.92 Å². The summed E-state index contributed by atoms with van der Waals surface area (Å²) in [6.45, 7) is 6.71. The van der Waals surface area contributed by atoms with Crippen LogP contribution in [-0.2, 0) is 15.0 Å². The van der Waals surface area contributed by atoms with Crippen LogP contribution in [0.3, 0.4) is 0 Å². The van der Waals surface area contributed by atoms with Gasteiger partial charge < -0.3 is 9.64 Å². The number of carbonyl (C=O) groups excluding carboxylic acids is 2. The van der Waals surface area contributed by atoms with Crippen molar-refractivity contribution in [2.45, 2.75) is 39.0 Å². The van der Waals surface area contributed by atoms with Gasteiger partial charge in [-0.05, 0) is 53.8 Å². The van der Waals surface area contributed by atoms with Crippen LogP contribution in [0.25, 0.3) is 0 Å². The highest BCUT2D eigenvalue weighted by Gasteiger charge is 2.36. The van der Waals surface area contributed by atoms with Crippen LogP contribution in [0.15, 0.2) is 48.5 Å². The van der Waals surface area contributed by atoms with E-state index in [4.69, 9.17) is 4.74 Å². The number of benzene rings is 2. The number of amides is 1. The average Bonchev–Trinajstić information content (AvgIpc) is 3.05. The summed E-state index contributed by atoms with van der Waals surface area (Å²) in [5.41, 5.74) is 1.84. The number of halogens is 1. The van der Waals surface area contributed by atoms with Gasteiger partial charge in [-0.1, -0.05) is 32.9 Å². The second kappa shape index (κ2) is 7.51. The standard InChI is InChI=1S/C22H24FNO3/c1-4-22(2,3)16-5-11-19(12-6-16)27-21(26)15-13-20(25)24(14-15)18-9-7-17(23)8-10-18/h5-12,15H,4,13-14H2,1-3H3/t15-/m1/s1. The van der Waals surface area contributed by atoms with Gasteiger partial charge >= 0.3 is 5.97 Å². The second-order valence-electron chi connectivity index (χ2n) is 7.56. The maximum Gasteiger partial charge on any atom is 0.316 e. The molecular formula is C22H24FNO3. The molecule has 0 aromatic heterocycles. The molecule has 0 bridgehead atoms. The molecule has 2 aromatic rings. The van der Waals surface area contributed by atoms with Crippen LogP contribution in [0.4, 0.5) is 10.1 Å². The van der Waals surface area contributed by atoms with E-state index in [2.05, 4.69) is 20.8 Å². The molecule has 1 heterocycles. The highest BCUT2D eigenvalue weighted by molar-refractivity contribution is 5.99. The predicted octanol–water partition coefficient (Wildman–Crippen LogP) is 4.47. The van der Waals surface area contributed by atoms with Crippen molar-refractivity contribution in [1.82, 2.24) is 0 Å². The van der Waals surface area contributed by atoms with Gasteiger partial charge in [0.15, 0.2) is 0 Å². The van der Waals surface area contributed by atoms with Crippen LogP contribution in [-0.4, -0.2) is 18.4 Å². The summed E-state index contributed by atoms with van der Waals surface area (Å²) in [7, 11) is 0. The zero-order valence-corrected chi connectivity index (χ0v) is 15.9. The molecule has 1 amide bonds. The van der Waals surface area contributed by atoms with Crippen LogP contribution < -0.4 is 9.64 Å². The fourth-order valence-electron chi connectivity index (χ4n) is 3.11. The molecule has 0 saturated carbocycles. The molecule has 3 rings (SSSR count).